The first-order valence-electron chi connectivity index (χ1n) is 9.80. The van der Waals surface area contributed by atoms with Gasteiger partial charge >= 0.3 is 0 Å². The fourth-order valence-corrected chi connectivity index (χ4v) is 3.79. The van der Waals surface area contributed by atoms with E-state index in [2.05, 4.69) is 5.32 Å². The van der Waals surface area contributed by atoms with E-state index in [0.29, 0.717) is 12.8 Å². The Bertz CT molecular complexity index is 996. The number of nitrogens with zero attached hydrogens (tertiary/aromatic N) is 1. The third kappa shape index (κ3) is 4.00. The first-order valence-corrected chi connectivity index (χ1v) is 9.80. The minimum atomic E-state index is -0.846. The fourth-order valence-electron chi connectivity index (χ4n) is 3.79. The second-order valence-corrected chi connectivity index (χ2v) is 7.45. The van der Waals surface area contributed by atoms with Crippen molar-refractivity contribution in [3.05, 3.63) is 71.4 Å². The summed E-state index contributed by atoms with van der Waals surface area (Å²) in [7, 11) is 0. The normalized spacial score (nSPS) is 20.8. The molecule has 30 heavy (non-hydrogen) atoms. The van der Waals surface area contributed by atoms with Crippen LogP contribution in [0.25, 0.3) is 0 Å². The number of hydrogen-bond acceptors (Lipinski definition) is 4. The summed E-state index contributed by atoms with van der Waals surface area (Å²) in [5.41, 5.74) is 0.0280. The lowest BCUT2D eigenvalue weighted by Gasteiger charge is -2.31. The van der Waals surface area contributed by atoms with Gasteiger partial charge in [-0.3, -0.25) is 4.79 Å². The molecule has 0 bridgehead atoms. The number of rotatable bonds is 4. The Hall–Kier alpha value is -3.00. The topological polar surface area (TPSA) is 61.8 Å². The summed E-state index contributed by atoms with van der Waals surface area (Å²) in [6.45, 7) is -0.133. The number of anilines is 1. The molecule has 0 aromatic heterocycles. The highest BCUT2D eigenvalue weighted by atomic mass is 19.1. The standard InChI is InChI=1S/C22H21F3N2O3/c23-14-6-2-1-5-13(14)11-27-12-19(22(29)26-17-7-3-4-8-18(17)28)30-21-16(25)10-9-15(24)20(21)27/h1-2,5-6,9-10,12,17-18,28H,3-4,7-8,11H2,(H,26,29)/t17-,18-/m0/s1. The summed E-state index contributed by atoms with van der Waals surface area (Å²) >= 11 is 0. The van der Waals surface area contributed by atoms with Gasteiger partial charge in [-0.25, -0.2) is 13.2 Å². The van der Waals surface area contributed by atoms with Crippen LogP contribution < -0.4 is 15.0 Å². The van der Waals surface area contributed by atoms with Crippen molar-refractivity contribution < 1.29 is 27.8 Å². The molecule has 4 rings (SSSR count). The molecule has 2 N–H and O–H groups in total. The molecule has 1 heterocycles. The van der Waals surface area contributed by atoms with Crippen molar-refractivity contribution in [2.45, 2.75) is 44.4 Å². The monoisotopic (exact) mass is 418 g/mol. The molecule has 0 radical (unpaired) electrons. The second kappa shape index (κ2) is 8.39. The molecule has 1 fully saturated rings. The van der Waals surface area contributed by atoms with Gasteiger partial charge in [-0.15, -0.1) is 0 Å². The number of ether oxygens (including phenoxy) is 1. The van der Waals surface area contributed by atoms with Gasteiger partial charge in [0.2, 0.25) is 5.76 Å². The summed E-state index contributed by atoms with van der Waals surface area (Å²) in [6, 6.07) is 7.34. The zero-order valence-corrected chi connectivity index (χ0v) is 16.1. The third-order valence-corrected chi connectivity index (χ3v) is 5.37. The molecule has 2 aromatic carbocycles. The number of halogens is 3. The van der Waals surface area contributed by atoms with E-state index in [9.17, 15) is 23.1 Å². The largest absolute Gasteiger partial charge is 0.445 e. The highest BCUT2D eigenvalue weighted by Gasteiger charge is 2.32. The molecule has 2 atom stereocenters. The Morgan fingerprint density at radius 2 is 1.80 bits per heavy atom. The first kappa shape index (κ1) is 20.3. The van der Waals surface area contributed by atoms with Crippen molar-refractivity contribution in [1.29, 1.82) is 0 Å². The van der Waals surface area contributed by atoms with Crippen LogP contribution in [0.5, 0.6) is 5.75 Å². The van der Waals surface area contributed by atoms with E-state index in [1.54, 1.807) is 6.07 Å². The minimum Gasteiger partial charge on any atom is -0.445 e. The number of carbonyl (C=O) groups excluding carboxylic acids is 1. The molecule has 8 heteroatoms. The molecule has 158 valence electrons. The molecule has 1 aliphatic carbocycles. The van der Waals surface area contributed by atoms with Gasteiger partial charge in [0.05, 0.1) is 24.9 Å². The number of amides is 1. The molecule has 1 aliphatic heterocycles. The van der Waals surface area contributed by atoms with Gasteiger partial charge in [0, 0.05) is 5.56 Å². The number of benzene rings is 2. The Balaban J connectivity index is 1.66. The number of aliphatic hydroxyl groups excluding tert-OH is 1. The molecule has 0 spiro atoms. The zero-order valence-electron chi connectivity index (χ0n) is 16.1. The second-order valence-electron chi connectivity index (χ2n) is 7.45. The number of fused-ring (bicyclic) bond motifs is 1. The van der Waals surface area contributed by atoms with E-state index < -0.39 is 41.3 Å². The fraction of sp³-hybridized carbons (Fsp3) is 0.318. The SMILES string of the molecule is O=C(N[C@H]1CCCC[C@@H]1O)C1=CN(Cc2ccccc2F)c2c(F)ccc(F)c2O1. The van der Waals surface area contributed by atoms with Crippen molar-refractivity contribution >= 4 is 11.6 Å². The number of nitrogens with one attached hydrogen (secondary N) is 1. The van der Waals surface area contributed by atoms with Gasteiger partial charge in [-0.1, -0.05) is 31.0 Å². The van der Waals surface area contributed by atoms with Crippen LogP contribution in [0.1, 0.15) is 31.2 Å². The lowest BCUT2D eigenvalue weighted by molar-refractivity contribution is -0.121. The molecule has 0 unspecified atom stereocenters. The number of carbonyl (C=O) groups is 1. The van der Waals surface area contributed by atoms with Crippen LogP contribution in [-0.4, -0.2) is 23.2 Å². The molecule has 5 nitrogen and oxygen atoms in total. The van der Waals surface area contributed by atoms with Crippen molar-refractivity contribution in [2.24, 2.45) is 0 Å². The average Bonchev–Trinajstić information content (AvgIpc) is 2.74. The summed E-state index contributed by atoms with van der Waals surface area (Å²) in [5, 5.41) is 12.8. The average molecular weight is 418 g/mol. The third-order valence-electron chi connectivity index (χ3n) is 5.37. The summed E-state index contributed by atoms with van der Waals surface area (Å²) in [4.78, 5) is 14.0. The van der Waals surface area contributed by atoms with Gasteiger partial charge < -0.3 is 20.1 Å². The van der Waals surface area contributed by atoms with Crippen LogP contribution in [0.3, 0.4) is 0 Å². The van der Waals surface area contributed by atoms with E-state index in [0.717, 1.165) is 25.0 Å². The minimum absolute atomic E-state index is 0.133. The maximum Gasteiger partial charge on any atom is 0.288 e. The summed E-state index contributed by atoms with van der Waals surface area (Å²) in [5.74, 6) is -3.48. The zero-order chi connectivity index (χ0) is 21.3. The van der Waals surface area contributed by atoms with Crippen LogP contribution >= 0.6 is 0 Å². The predicted molar refractivity (Wildman–Crippen MR) is 104 cm³/mol. The molecule has 1 amide bonds. The van der Waals surface area contributed by atoms with Gasteiger partial charge in [-0.2, -0.15) is 0 Å². The van der Waals surface area contributed by atoms with Gasteiger partial charge in [0.25, 0.3) is 5.91 Å². The number of aliphatic hydroxyl groups is 1. The Morgan fingerprint density at radius 1 is 1.07 bits per heavy atom. The van der Waals surface area contributed by atoms with Gasteiger partial charge in [0.15, 0.2) is 17.4 Å². The molecule has 0 saturated heterocycles. The Kier molecular flexibility index (Phi) is 5.67. The first-order chi connectivity index (χ1) is 14.4. The maximum absolute atomic E-state index is 14.5. The van der Waals surface area contributed by atoms with Crippen LogP contribution in [-0.2, 0) is 11.3 Å². The van der Waals surface area contributed by atoms with Gasteiger partial charge in [-0.05, 0) is 31.0 Å². The van der Waals surface area contributed by atoms with Crippen molar-refractivity contribution in [2.75, 3.05) is 4.90 Å². The molecular weight excluding hydrogens is 397 g/mol. The van der Waals surface area contributed by atoms with E-state index >= 15 is 0 Å². The van der Waals surface area contributed by atoms with E-state index in [4.69, 9.17) is 4.74 Å². The smallest absolute Gasteiger partial charge is 0.288 e. The van der Waals surface area contributed by atoms with Crippen LogP contribution in [0, 0.1) is 17.5 Å². The van der Waals surface area contributed by atoms with E-state index in [-0.39, 0.29) is 23.6 Å². The summed E-state index contributed by atoms with van der Waals surface area (Å²) in [6.07, 6.45) is 3.47. The van der Waals surface area contributed by atoms with Crippen molar-refractivity contribution in [3.8, 4) is 5.75 Å². The molecule has 1 saturated carbocycles. The Labute approximate surface area is 171 Å². The quantitative estimate of drug-likeness (QED) is 0.794. The van der Waals surface area contributed by atoms with Crippen LogP contribution in [0.2, 0.25) is 0 Å². The Morgan fingerprint density at radius 3 is 2.57 bits per heavy atom. The number of hydrogen-bond donors (Lipinski definition) is 2. The maximum atomic E-state index is 14.5. The summed E-state index contributed by atoms with van der Waals surface area (Å²) < 4.78 is 48.5. The van der Waals surface area contributed by atoms with Crippen molar-refractivity contribution in [3.63, 3.8) is 0 Å². The van der Waals surface area contributed by atoms with Crippen LogP contribution in [0.15, 0.2) is 48.4 Å². The van der Waals surface area contributed by atoms with Crippen molar-refractivity contribution in [1.82, 2.24) is 5.32 Å². The molecular formula is C22H21F3N2O3. The van der Waals surface area contributed by atoms with Crippen LogP contribution in [0.4, 0.5) is 18.9 Å². The van der Waals surface area contributed by atoms with Gasteiger partial charge in [0.1, 0.15) is 11.5 Å². The van der Waals surface area contributed by atoms with E-state index in [1.807, 2.05) is 0 Å². The lowest BCUT2D eigenvalue weighted by Crippen LogP contribution is -2.46. The molecule has 2 aromatic rings. The highest BCUT2D eigenvalue weighted by molar-refractivity contribution is 5.93. The lowest BCUT2D eigenvalue weighted by atomic mass is 9.92. The highest BCUT2D eigenvalue weighted by Crippen LogP contribution is 2.39. The van der Waals surface area contributed by atoms with E-state index in [1.165, 1.54) is 29.3 Å². The molecule has 2 aliphatic rings. The predicted octanol–water partition coefficient (Wildman–Crippen LogP) is 3.76.